The fourth-order valence-electron chi connectivity index (χ4n) is 4.00. The van der Waals surface area contributed by atoms with Crippen LogP contribution in [0.15, 0.2) is 83.8 Å². The Bertz CT molecular complexity index is 1180. The van der Waals surface area contributed by atoms with Crippen LogP contribution in [0.3, 0.4) is 0 Å². The van der Waals surface area contributed by atoms with Crippen molar-refractivity contribution in [3.05, 3.63) is 90.0 Å². The van der Waals surface area contributed by atoms with Gasteiger partial charge in [0.05, 0.1) is 12.0 Å². The fourth-order valence-corrected chi connectivity index (χ4v) is 5.66. The molecule has 0 aliphatic carbocycles. The predicted octanol–water partition coefficient (Wildman–Crippen LogP) is 4.08. The summed E-state index contributed by atoms with van der Waals surface area (Å²) in [6.07, 6.45) is 1.80. The molecule has 1 fully saturated rings. The van der Waals surface area contributed by atoms with E-state index in [-0.39, 0.29) is 10.8 Å². The van der Waals surface area contributed by atoms with Crippen LogP contribution in [-0.4, -0.2) is 38.3 Å². The molecule has 166 valence electrons. The van der Waals surface area contributed by atoms with Crippen LogP contribution < -0.4 is 10.1 Å². The van der Waals surface area contributed by atoms with Crippen LogP contribution in [0, 0.1) is 0 Å². The Morgan fingerprint density at radius 1 is 1.00 bits per heavy atom. The third-order valence-corrected chi connectivity index (χ3v) is 7.61. The number of anilines is 1. The number of carbonyl (C=O) groups is 1. The zero-order valence-electron chi connectivity index (χ0n) is 17.9. The summed E-state index contributed by atoms with van der Waals surface area (Å²) in [4.78, 5) is 13.3. The van der Waals surface area contributed by atoms with Crippen LogP contribution in [0.25, 0.3) is 0 Å². The maximum Gasteiger partial charge on any atom is 0.243 e. The van der Waals surface area contributed by atoms with Gasteiger partial charge < -0.3 is 10.1 Å². The summed E-state index contributed by atoms with van der Waals surface area (Å²) >= 11 is 0. The molecule has 3 aromatic carbocycles. The topological polar surface area (TPSA) is 75.7 Å². The number of rotatable bonds is 7. The average Bonchev–Trinajstić information content (AvgIpc) is 3.32. The molecule has 1 amide bonds. The summed E-state index contributed by atoms with van der Waals surface area (Å²) in [5.41, 5.74) is 2.82. The maximum atomic E-state index is 13.2. The van der Waals surface area contributed by atoms with Gasteiger partial charge in [0.1, 0.15) is 11.8 Å². The SMILES string of the molecule is COc1ccc(S(=O)(=O)N2CCC[C@H]2C(=O)Nc2ccccc2Cc2ccccc2)cc1. The lowest BCUT2D eigenvalue weighted by Gasteiger charge is -2.24. The van der Waals surface area contributed by atoms with Crippen molar-refractivity contribution in [1.29, 1.82) is 0 Å². The zero-order valence-corrected chi connectivity index (χ0v) is 18.7. The molecule has 32 heavy (non-hydrogen) atoms. The van der Waals surface area contributed by atoms with E-state index in [9.17, 15) is 13.2 Å². The lowest BCUT2D eigenvalue weighted by molar-refractivity contribution is -0.119. The third kappa shape index (κ3) is 4.69. The van der Waals surface area contributed by atoms with E-state index in [4.69, 9.17) is 4.74 Å². The van der Waals surface area contributed by atoms with Gasteiger partial charge in [0, 0.05) is 12.2 Å². The molecule has 3 aromatic rings. The van der Waals surface area contributed by atoms with Gasteiger partial charge in [0.25, 0.3) is 0 Å². The third-order valence-electron chi connectivity index (χ3n) is 5.68. The molecule has 7 heteroatoms. The average molecular weight is 451 g/mol. The number of methoxy groups -OCH3 is 1. The molecule has 1 N–H and O–H groups in total. The summed E-state index contributed by atoms with van der Waals surface area (Å²) in [5.74, 6) is 0.273. The van der Waals surface area contributed by atoms with Crippen LogP contribution in [0.4, 0.5) is 5.69 Å². The Hall–Kier alpha value is -3.16. The van der Waals surface area contributed by atoms with Gasteiger partial charge in [-0.15, -0.1) is 0 Å². The highest BCUT2D eigenvalue weighted by atomic mass is 32.2. The molecule has 0 aromatic heterocycles. The number of amides is 1. The Morgan fingerprint density at radius 3 is 2.41 bits per heavy atom. The Labute approximate surface area is 188 Å². The Balaban J connectivity index is 1.53. The van der Waals surface area contributed by atoms with Gasteiger partial charge in [0.2, 0.25) is 15.9 Å². The van der Waals surface area contributed by atoms with Crippen molar-refractivity contribution < 1.29 is 17.9 Å². The number of hydrogen-bond donors (Lipinski definition) is 1. The van der Waals surface area contributed by atoms with Crippen LogP contribution in [-0.2, 0) is 21.2 Å². The molecule has 0 saturated carbocycles. The number of ether oxygens (including phenoxy) is 1. The molecule has 1 aliphatic heterocycles. The second kappa shape index (κ2) is 9.54. The van der Waals surface area contributed by atoms with Crippen LogP contribution in [0.5, 0.6) is 5.75 Å². The molecule has 0 radical (unpaired) electrons. The van der Waals surface area contributed by atoms with Crippen molar-refractivity contribution in [2.45, 2.75) is 30.2 Å². The Morgan fingerprint density at radius 2 is 1.69 bits per heavy atom. The van der Waals surface area contributed by atoms with Gasteiger partial charge in [-0.2, -0.15) is 4.31 Å². The van der Waals surface area contributed by atoms with E-state index in [1.165, 1.54) is 23.5 Å². The van der Waals surface area contributed by atoms with Crippen LogP contribution in [0.1, 0.15) is 24.0 Å². The minimum absolute atomic E-state index is 0.155. The Kier molecular flexibility index (Phi) is 6.58. The predicted molar refractivity (Wildman–Crippen MR) is 124 cm³/mol. The van der Waals surface area contributed by atoms with Gasteiger partial charge in [0.15, 0.2) is 0 Å². The monoisotopic (exact) mass is 450 g/mol. The second-order valence-corrected chi connectivity index (χ2v) is 9.65. The van der Waals surface area contributed by atoms with E-state index in [1.54, 1.807) is 12.1 Å². The number of para-hydroxylation sites is 1. The molecular formula is C25H26N2O4S. The normalized spacial score (nSPS) is 16.6. The number of carbonyl (C=O) groups excluding carboxylic acids is 1. The quantitative estimate of drug-likeness (QED) is 0.589. The van der Waals surface area contributed by atoms with E-state index in [1.807, 2.05) is 54.6 Å². The zero-order chi connectivity index (χ0) is 22.6. The second-order valence-electron chi connectivity index (χ2n) is 7.76. The number of sulfonamides is 1. The summed E-state index contributed by atoms with van der Waals surface area (Å²) in [5, 5.41) is 2.98. The standard InChI is InChI=1S/C25H26N2O4S/c1-31-21-13-15-22(16-14-21)32(29,30)27-17-7-12-24(27)25(28)26-23-11-6-5-10-20(23)18-19-8-3-2-4-9-19/h2-6,8-11,13-16,24H,7,12,17-18H2,1H3,(H,26,28)/t24-/m0/s1. The summed E-state index contributed by atoms with van der Waals surface area (Å²) in [6, 6.07) is 23.1. The first-order chi connectivity index (χ1) is 15.5. The van der Waals surface area contributed by atoms with Crippen molar-refractivity contribution >= 4 is 21.6 Å². The summed E-state index contributed by atoms with van der Waals surface area (Å²) in [6.45, 7) is 0.318. The summed E-state index contributed by atoms with van der Waals surface area (Å²) in [7, 11) is -2.26. The van der Waals surface area contributed by atoms with E-state index < -0.39 is 16.1 Å². The van der Waals surface area contributed by atoms with Crippen molar-refractivity contribution in [2.24, 2.45) is 0 Å². The van der Waals surface area contributed by atoms with Crippen molar-refractivity contribution in [3.63, 3.8) is 0 Å². The first-order valence-corrected chi connectivity index (χ1v) is 12.0. The highest BCUT2D eigenvalue weighted by Crippen LogP contribution is 2.29. The van der Waals surface area contributed by atoms with Crippen molar-refractivity contribution in [2.75, 3.05) is 19.0 Å². The van der Waals surface area contributed by atoms with Gasteiger partial charge in [-0.1, -0.05) is 48.5 Å². The van der Waals surface area contributed by atoms with Crippen molar-refractivity contribution in [1.82, 2.24) is 4.31 Å². The minimum Gasteiger partial charge on any atom is -0.497 e. The molecule has 1 saturated heterocycles. The smallest absolute Gasteiger partial charge is 0.243 e. The largest absolute Gasteiger partial charge is 0.497 e. The lowest BCUT2D eigenvalue weighted by Crippen LogP contribution is -2.43. The molecule has 0 bridgehead atoms. The highest BCUT2D eigenvalue weighted by Gasteiger charge is 2.39. The highest BCUT2D eigenvalue weighted by molar-refractivity contribution is 7.89. The maximum absolute atomic E-state index is 13.2. The molecule has 0 spiro atoms. The minimum atomic E-state index is -3.79. The molecule has 1 aliphatic rings. The number of benzene rings is 3. The van der Waals surface area contributed by atoms with Gasteiger partial charge >= 0.3 is 0 Å². The molecule has 1 heterocycles. The van der Waals surface area contributed by atoms with Gasteiger partial charge in [-0.05, 0) is 60.7 Å². The number of nitrogens with zero attached hydrogens (tertiary/aromatic N) is 1. The molecule has 6 nitrogen and oxygen atoms in total. The van der Waals surface area contributed by atoms with E-state index in [0.717, 1.165) is 11.1 Å². The molecule has 1 atom stereocenters. The van der Waals surface area contributed by atoms with Crippen LogP contribution >= 0.6 is 0 Å². The first-order valence-electron chi connectivity index (χ1n) is 10.6. The fraction of sp³-hybridized carbons (Fsp3) is 0.240. The molecule has 0 unspecified atom stereocenters. The van der Waals surface area contributed by atoms with E-state index in [2.05, 4.69) is 5.32 Å². The van der Waals surface area contributed by atoms with Gasteiger partial charge in [-0.3, -0.25) is 4.79 Å². The van der Waals surface area contributed by atoms with E-state index >= 15 is 0 Å². The number of nitrogens with one attached hydrogen (secondary N) is 1. The number of hydrogen-bond acceptors (Lipinski definition) is 4. The van der Waals surface area contributed by atoms with Crippen LogP contribution in [0.2, 0.25) is 0 Å². The van der Waals surface area contributed by atoms with E-state index in [0.29, 0.717) is 37.2 Å². The summed E-state index contributed by atoms with van der Waals surface area (Å²) < 4.78 is 32.9. The van der Waals surface area contributed by atoms with Gasteiger partial charge in [-0.25, -0.2) is 8.42 Å². The molecular weight excluding hydrogens is 424 g/mol. The van der Waals surface area contributed by atoms with Crippen molar-refractivity contribution in [3.8, 4) is 5.75 Å². The molecule has 4 rings (SSSR count). The lowest BCUT2D eigenvalue weighted by atomic mass is 10.0. The first kappa shape index (κ1) is 22.0.